The van der Waals surface area contributed by atoms with Gasteiger partial charge in [0.2, 0.25) is 5.91 Å². The van der Waals surface area contributed by atoms with Crippen molar-refractivity contribution in [2.24, 2.45) is 0 Å². The average molecular weight is 328 g/mol. The van der Waals surface area contributed by atoms with E-state index in [1.165, 1.54) is 4.90 Å². The van der Waals surface area contributed by atoms with Crippen LogP contribution >= 0.6 is 0 Å². The standard InChI is InChI=1S/C19H24N2O3/c1-14-15-8-4-5-9-16(15)18(23)21(14)12-17(22)20-13-19(24)10-6-2-3-7-11-19/h4-5,8-9,24H,1-3,6-7,10-13H2,(H,20,22). The summed E-state index contributed by atoms with van der Waals surface area (Å²) < 4.78 is 0. The third kappa shape index (κ3) is 3.36. The summed E-state index contributed by atoms with van der Waals surface area (Å²) in [4.78, 5) is 26.0. The van der Waals surface area contributed by atoms with Crippen molar-refractivity contribution in [3.05, 3.63) is 42.0 Å². The molecule has 2 aliphatic rings. The summed E-state index contributed by atoms with van der Waals surface area (Å²) in [5, 5.41) is 13.4. The van der Waals surface area contributed by atoms with E-state index in [2.05, 4.69) is 11.9 Å². The van der Waals surface area contributed by atoms with Crippen LogP contribution in [0.5, 0.6) is 0 Å². The topological polar surface area (TPSA) is 69.6 Å². The Bertz CT molecular complexity index is 625. The minimum atomic E-state index is -0.818. The van der Waals surface area contributed by atoms with Gasteiger partial charge in [-0.2, -0.15) is 0 Å². The molecule has 0 unspecified atom stereocenters. The molecular weight excluding hydrogens is 304 g/mol. The average Bonchev–Trinajstić information content (AvgIpc) is 2.74. The summed E-state index contributed by atoms with van der Waals surface area (Å²) in [6.45, 7) is 4.11. The first-order valence-corrected chi connectivity index (χ1v) is 8.59. The molecule has 5 heteroatoms. The zero-order valence-electron chi connectivity index (χ0n) is 13.9. The van der Waals surface area contributed by atoms with E-state index in [-0.39, 0.29) is 24.9 Å². The van der Waals surface area contributed by atoms with Gasteiger partial charge in [0.25, 0.3) is 5.91 Å². The number of carbonyl (C=O) groups excluding carboxylic acids is 2. The summed E-state index contributed by atoms with van der Waals surface area (Å²) in [6, 6.07) is 7.23. The first kappa shape index (κ1) is 16.7. The molecule has 0 atom stereocenters. The van der Waals surface area contributed by atoms with Crippen molar-refractivity contribution < 1.29 is 14.7 Å². The van der Waals surface area contributed by atoms with Gasteiger partial charge >= 0.3 is 0 Å². The third-order valence-corrected chi connectivity index (χ3v) is 4.99. The Labute approximate surface area is 142 Å². The first-order chi connectivity index (χ1) is 11.5. The Kier molecular flexibility index (Phi) is 4.71. The van der Waals surface area contributed by atoms with Crippen LogP contribution in [0.1, 0.15) is 54.4 Å². The summed E-state index contributed by atoms with van der Waals surface area (Å²) in [5.74, 6) is -0.464. The first-order valence-electron chi connectivity index (χ1n) is 8.59. The van der Waals surface area contributed by atoms with Gasteiger partial charge in [0.15, 0.2) is 0 Å². The van der Waals surface area contributed by atoms with Gasteiger partial charge in [0.05, 0.1) is 5.60 Å². The largest absolute Gasteiger partial charge is 0.388 e. The van der Waals surface area contributed by atoms with E-state index < -0.39 is 5.60 Å². The van der Waals surface area contributed by atoms with Crippen LogP contribution in [0.3, 0.4) is 0 Å². The summed E-state index contributed by atoms with van der Waals surface area (Å²) in [6.07, 6.45) is 5.68. The molecule has 0 bridgehead atoms. The lowest BCUT2D eigenvalue weighted by Gasteiger charge is -2.27. The molecule has 5 nitrogen and oxygen atoms in total. The van der Waals surface area contributed by atoms with E-state index in [0.29, 0.717) is 24.1 Å². The highest BCUT2D eigenvalue weighted by atomic mass is 16.3. The Morgan fingerprint density at radius 3 is 2.42 bits per heavy atom. The molecule has 1 aromatic rings. The van der Waals surface area contributed by atoms with Gasteiger partial charge in [0, 0.05) is 23.4 Å². The number of aliphatic hydroxyl groups is 1. The summed E-state index contributed by atoms with van der Waals surface area (Å²) >= 11 is 0. The molecule has 0 saturated heterocycles. The molecule has 0 spiro atoms. The fourth-order valence-electron chi connectivity index (χ4n) is 3.53. The number of hydrogen-bond acceptors (Lipinski definition) is 3. The zero-order chi connectivity index (χ0) is 17.2. The van der Waals surface area contributed by atoms with Crippen molar-refractivity contribution in [2.75, 3.05) is 13.1 Å². The Balaban J connectivity index is 1.58. The predicted octanol–water partition coefficient (Wildman–Crippen LogP) is 2.31. The van der Waals surface area contributed by atoms with Crippen LogP contribution in [0, 0.1) is 0 Å². The highest BCUT2D eigenvalue weighted by molar-refractivity contribution is 6.10. The summed E-state index contributed by atoms with van der Waals surface area (Å²) in [5.41, 5.74) is 1.09. The number of carbonyl (C=O) groups is 2. The number of rotatable bonds is 4. The fraction of sp³-hybridized carbons (Fsp3) is 0.474. The molecule has 1 fully saturated rings. The quantitative estimate of drug-likeness (QED) is 0.833. The van der Waals surface area contributed by atoms with Crippen molar-refractivity contribution in [2.45, 2.75) is 44.1 Å². The fourth-order valence-corrected chi connectivity index (χ4v) is 3.53. The molecule has 1 heterocycles. The molecule has 2 N–H and O–H groups in total. The van der Waals surface area contributed by atoms with Crippen LogP contribution in [0.4, 0.5) is 0 Å². The highest BCUT2D eigenvalue weighted by Gasteiger charge is 2.33. The lowest BCUT2D eigenvalue weighted by Crippen LogP contribution is -2.45. The molecule has 24 heavy (non-hydrogen) atoms. The van der Waals surface area contributed by atoms with E-state index in [1.54, 1.807) is 12.1 Å². The second kappa shape index (κ2) is 6.77. The number of nitrogens with one attached hydrogen (secondary N) is 1. The monoisotopic (exact) mass is 328 g/mol. The maximum Gasteiger partial charge on any atom is 0.259 e. The van der Waals surface area contributed by atoms with Crippen LogP contribution in [-0.4, -0.2) is 40.5 Å². The van der Waals surface area contributed by atoms with Crippen LogP contribution in [0.15, 0.2) is 30.8 Å². The minimum absolute atomic E-state index is 0.0670. The molecule has 2 amide bonds. The highest BCUT2D eigenvalue weighted by Crippen LogP contribution is 2.31. The number of hydrogen-bond donors (Lipinski definition) is 2. The van der Waals surface area contributed by atoms with Crippen LogP contribution in [-0.2, 0) is 4.79 Å². The normalized spacial score (nSPS) is 19.8. The Hall–Kier alpha value is -2.14. The van der Waals surface area contributed by atoms with Gasteiger partial charge in [-0.3, -0.25) is 14.5 Å². The van der Waals surface area contributed by atoms with Crippen molar-refractivity contribution in [1.82, 2.24) is 10.2 Å². The van der Waals surface area contributed by atoms with Gasteiger partial charge in [0.1, 0.15) is 6.54 Å². The summed E-state index contributed by atoms with van der Waals surface area (Å²) in [7, 11) is 0. The number of amides is 2. The molecule has 1 aliphatic carbocycles. The van der Waals surface area contributed by atoms with Crippen LogP contribution in [0.2, 0.25) is 0 Å². The molecule has 0 aromatic heterocycles. The van der Waals surface area contributed by atoms with Gasteiger partial charge in [-0.1, -0.05) is 50.5 Å². The van der Waals surface area contributed by atoms with Crippen molar-refractivity contribution in [1.29, 1.82) is 0 Å². The molecule has 0 radical (unpaired) electrons. The van der Waals surface area contributed by atoms with Crippen molar-refractivity contribution in [3.8, 4) is 0 Å². The van der Waals surface area contributed by atoms with E-state index in [9.17, 15) is 14.7 Å². The lowest BCUT2D eigenvalue weighted by molar-refractivity contribution is -0.122. The molecular formula is C19H24N2O3. The number of fused-ring (bicyclic) bond motifs is 1. The predicted molar refractivity (Wildman–Crippen MR) is 92.2 cm³/mol. The Morgan fingerprint density at radius 2 is 1.79 bits per heavy atom. The van der Waals surface area contributed by atoms with E-state index in [4.69, 9.17) is 0 Å². The minimum Gasteiger partial charge on any atom is -0.388 e. The maximum absolute atomic E-state index is 12.4. The van der Waals surface area contributed by atoms with Gasteiger partial charge < -0.3 is 10.4 Å². The van der Waals surface area contributed by atoms with E-state index >= 15 is 0 Å². The second-order valence-corrected chi connectivity index (χ2v) is 6.80. The maximum atomic E-state index is 12.4. The second-order valence-electron chi connectivity index (χ2n) is 6.80. The number of nitrogens with zero attached hydrogens (tertiary/aromatic N) is 1. The molecule has 1 aromatic carbocycles. The number of benzene rings is 1. The van der Waals surface area contributed by atoms with Crippen molar-refractivity contribution in [3.63, 3.8) is 0 Å². The van der Waals surface area contributed by atoms with Gasteiger partial charge in [-0.25, -0.2) is 0 Å². The smallest absolute Gasteiger partial charge is 0.259 e. The molecule has 3 rings (SSSR count). The van der Waals surface area contributed by atoms with Crippen LogP contribution < -0.4 is 5.32 Å². The Morgan fingerprint density at radius 1 is 1.17 bits per heavy atom. The third-order valence-electron chi connectivity index (χ3n) is 4.99. The van der Waals surface area contributed by atoms with Gasteiger partial charge in [-0.15, -0.1) is 0 Å². The van der Waals surface area contributed by atoms with Crippen molar-refractivity contribution >= 4 is 17.5 Å². The van der Waals surface area contributed by atoms with Gasteiger partial charge in [-0.05, 0) is 18.9 Å². The van der Waals surface area contributed by atoms with E-state index in [0.717, 1.165) is 31.2 Å². The lowest BCUT2D eigenvalue weighted by atomic mass is 9.94. The molecule has 1 aliphatic heterocycles. The SMILES string of the molecule is C=C1c2ccccc2C(=O)N1CC(=O)NCC1(O)CCCCCC1. The zero-order valence-corrected chi connectivity index (χ0v) is 13.9. The van der Waals surface area contributed by atoms with E-state index in [1.807, 2.05) is 12.1 Å². The van der Waals surface area contributed by atoms with Crippen LogP contribution in [0.25, 0.3) is 5.70 Å². The molecule has 1 saturated carbocycles. The molecule has 128 valence electrons.